The van der Waals surface area contributed by atoms with E-state index in [2.05, 4.69) is 20.5 Å². The number of H-pyrrole nitrogens is 1. The summed E-state index contributed by atoms with van der Waals surface area (Å²) >= 11 is 0. The molecular weight excluding hydrogens is 278 g/mol. The van der Waals surface area contributed by atoms with Crippen molar-refractivity contribution in [1.82, 2.24) is 15.2 Å². The van der Waals surface area contributed by atoms with E-state index in [9.17, 15) is 4.79 Å². The number of anilines is 1. The van der Waals surface area contributed by atoms with E-state index in [1.807, 2.05) is 31.2 Å². The zero-order chi connectivity index (χ0) is 15.5. The van der Waals surface area contributed by atoms with Crippen molar-refractivity contribution in [2.75, 3.05) is 5.32 Å². The van der Waals surface area contributed by atoms with Crippen molar-refractivity contribution in [2.45, 2.75) is 38.6 Å². The van der Waals surface area contributed by atoms with Crippen LogP contribution in [0.15, 0.2) is 24.3 Å². The topological polar surface area (TPSA) is 96.7 Å². The molecule has 1 aromatic heterocycles. The Bertz CT molecular complexity index is 666. The fourth-order valence-corrected chi connectivity index (χ4v) is 2.92. The predicted octanol–water partition coefficient (Wildman–Crippen LogP) is 2.24. The van der Waals surface area contributed by atoms with Crippen LogP contribution >= 0.6 is 0 Å². The van der Waals surface area contributed by atoms with Crippen LogP contribution in [0.5, 0.6) is 0 Å². The van der Waals surface area contributed by atoms with Crippen molar-refractivity contribution in [2.24, 2.45) is 11.7 Å². The molecule has 2 atom stereocenters. The number of carbonyl (C=O) groups is 1. The van der Waals surface area contributed by atoms with Gasteiger partial charge in [0.2, 0.25) is 5.91 Å². The van der Waals surface area contributed by atoms with Crippen LogP contribution in [0.4, 0.5) is 5.69 Å². The lowest BCUT2D eigenvalue weighted by Gasteiger charge is -2.25. The van der Waals surface area contributed by atoms with Crippen molar-refractivity contribution in [3.8, 4) is 11.4 Å². The molecule has 0 radical (unpaired) electrons. The van der Waals surface area contributed by atoms with E-state index in [-0.39, 0.29) is 17.9 Å². The maximum atomic E-state index is 12.4. The van der Waals surface area contributed by atoms with Gasteiger partial charge in [-0.3, -0.25) is 9.89 Å². The molecule has 0 spiro atoms. The van der Waals surface area contributed by atoms with Crippen molar-refractivity contribution in [3.63, 3.8) is 0 Å². The maximum Gasteiger partial charge on any atom is 0.227 e. The summed E-state index contributed by atoms with van der Waals surface area (Å²) in [5.74, 6) is 1.46. The third-order valence-corrected chi connectivity index (χ3v) is 4.07. The Balaban J connectivity index is 1.71. The first-order valence-electron chi connectivity index (χ1n) is 7.67. The molecule has 1 aliphatic rings. The number of nitrogens with two attached hydrogens (primary N) is 1. The van der Waals surface area contributed by atoms with Crippen LogP contribution in [-0.2, 0) is 4.79 Å². The van der Waals surface area contributed by atoms with Gasteiger partial charge in [0.05, 0.1) is 0 Å². The molecular formula is C16H21N5O. The molecule has 0 saturated heterocycles. The smallest absolute Gasteiger partial charge is 0.227 e. The number of hydrogen-bond donors (Lipinski definition) is 3. The second-order valence-corrected chi connectivity index (χ2v) is 5.94. The molecule has 1 aliphatic carbocycles. The summed E-state index contributed by atoms with van der Waals surface area (Å²) in [5, 5.41) is 9.95. The van der Waals surface area contributed by atoms with Crippen LogP contribution in [-0.4, -0.2) is 27.1 Å². The molecule has 2 aromatic rings. The van der Waals surface area contributed by atoms with Crippen molar-refractivity contribution in [1.29, 1.82) is 0 Å². The fourth-order valence-electron chi connectivity index (χ4n) is 2.92. The van der Waals surface area contributed by atoms with Gasteiger partial charge in [-0.05, 0) is 38.3 Å². The van der Waals surface area contributed by atoms with Crippen molar-refractivity contribution >= 4 is 11.6 Å². The van der Waals surface area contributed by atoms with E-state index in [1.165, 1.54) is 0 Å². The van der Waals surface area contributed by atoms with Crippen molar-refractivity contribution in [3.05, 3.63) is 30.1 Å². The Hall–Kier alpha value is -2.21. The highest BCUT2D eigenvalue weighted by molar-refractivity contribution is 5.93. The van der Waals surface area contributed by atoms with Gasteiger partial charge in [-0.2, -0.15) is 5.10 Å². The molecule has 3 rings (SSSR count). The standard InChI is InChI=1S/C16H21N5O/c1-10-18-15(21-20-10)11-4-3-7-14(9-11)19-16(22)12-5-2-6-13(17)8-12/h3-4,7,9,12-13H,2,5-6,8,17H2,1H3,(H,19,22)(H,18,20,21). The average Bonchev–Trinajstić information content (AvgIpc) is 2.94. The number of carbonyl (C=O) groups excluding carboxylic acids is 1. The summed E-state index contributed by atoms with van der Waals surface area (Å²) in [6.07, 6.45) is 3.73. The molecule has 1 aromatic carbocycles. The zero-order valence-corrected chi connectivity index (χ0v) is 12.7. The minimum Gasteiger partial charge on any atom is -0.328 e. The lowest BCUT2D eigenvalue weighted by atomic mass is 9.85. The van der Waals surface area contributed by atoms with Crippen LogP contribution in [0.25, 0.3) is 11.4 Å². The number of amides is 1. The number of nitrogens with zero attached hydrogens (tertiary/aromatic N) is 2. The van der Waals surface area contributed by atoms with E-state index in [1.54, 1.807) is 0 Å². The zero-order valence-electron chi connectivity index (χ0n) is 12.7. The normalized spacial score (nSPS) is 21.5. The molecule has 2 unspecified atom stereocenters. The van der Waals surface area contributed by atoms with Gasteiger partial charge in [-0.25, -0.2) is 4.98 Å². The quantitative estimate of drug-likeness (QED) is 0.809. The summed E-state index contributed by atoms with van der Waals surface area (Å²) in [6.45, 7) is 1.86. The molecule has 6 nitrogen and oxygen atoms in total. The Labute approximate surface area is 129 Å². The third kappa shape index (κ3) is 3.33. The maximum absolute atomic E-state index is 12.4. The van der Waals surface area contributed by atoms with E-state index in [0.29, 0.717) is 5.82 Å². The van der Waals surface area contributed by atoms with E-state index < -0.39 is 0 Å². The molecule has 1 heterocycles. The van der Waals surface area contributed by atoms with Crippen LogP contribution in [0.1, 0.15) is 31.5 Å². The summed E-state index contributed by atoms with van der Waals surface area (Å²) in [6, 6.07) is 7.73. The van der Waals surface area contributed by atoms with Gasteiger partial charge in [-0.1, -0.05) is 18.6 Å². The first kappa shape index (κ1) is 14.7. The SMILES string of the molecule is Cc1nc(-c2cccc(NC(=O)C3CCCC(N)C3)c2)n[nH]1. The highest BCUT2D eigenvalue weighted by atomic mass is 16.1. The second kappa shape index (κ2) is 6.27. The lowest BCUT2D eigenvalue weighted by Crippen LogP contribution is -2.34. The molecule has 1 amide bonds. The summed E-state index contributed by atoms with van der Waals surface area (Å²) in [4.78, 5) is 16.7. The summed E-state index contributed by atoms with van der Waals surface area (Å²) in [7, 11) is 0. The lowest BCUT2D eigenvalue weighted by molar-refractivity contribution is -0.120. The van der Waals surface area contributed by atoms with E-state index in [0.717, 1.165) is 42.8 Å². The van der Waals surface area contributed by atoms with E-state index >= 15 is 0 Å². The average molecular weight is 299 g/mol. The molecule has 0 aliphatic heterocycles. The van der Waals surface area contributed by atoms with Crippen LogP contribution in [0, 0.1) is 12.8 Å². The number of aromatic amines is 1. The number of rotatable bonds is 3. The summed E-state index contributed by atoms with van der Waals surface area (Å²) < 4.78 is 0. The molecule has 22 heavy (non-hydrogen) atoms. The molecule has 1 fully saturated rings. The molecule has 0 bridgehead atoms. The van der Waals surface area contributed by atoms with Crippen LogP contribution in [0.3, 0.4) is 0 Å². The molecule has 116 valence electrons. The minimum atomic E-state index is 0.0122. The molecule has 1 saturated carbocycles. The van der Waals surface area contributed by atoms with Gasteiger partial charge in [-0.15, -0.1) is 0 Å². The Kier molecular flexibility index (Phi) is 4.20. The van der Waals surface area contributed by atoms with Crippen LogP contribution in [0.2, 0.25) is 0 Å². The minimum absolute atomic E-state index is 0.0122. The van der Waals surface area contributed by atoms with Gasteiger partial charge in [0.15, 0.2) is 5.82 Å². The highest BCUT2D eigenvalue weighted by Gasteiger charge is 2.25. The van der Waals surface area contributed by atoms with Gasteiger partial charge in [0, 0.05) is 23.2 Å². The Morgan fingerprint density at radius 2 is 2.27 bits per heavy atom. The number of nitrogens with one attached hydrogen (secondary N) is 2. The van der Waals surface area contributed by atoms with Gasteiger partial charge >= 0.3 is 0 Å². The van der Waals surface area contributed by atoms with E-state index in [4.69, 9.17) is 5.73 Å². The third-order valence-electron chi connectivity index (χ3n) is 4.07. The second-order valence-electron chi connectivity index (χ2n) is 5.94. The molecule has 4 N–H and O–H groups in total. The number of benzene rings is 1. The first-order chi connectivity index (χ1) is 10.6. The van der Waals surface area contributed by atoms with Crippen LogP contribution < -0.4 is 11.1 Å². The Morgan fingerprint density at radius 1 is 1.41 bits per heavy atom. The van der Waals surface area contributed by atoms with Gasteiger partial charge < -0.3 is 11.1 Å². The van der Waals surface area contributed by atoms with Crippen molar-refractivity contribution < 1.29 is 4.79 Å². The first-order valence-corrected chi connectivity index (χ1v) is 7.67. The highest BCUT2D eigenvalue weighted by Crippen LogP contribution is 2.25. The largest absolute Gasteiger partial charge is 0.328 e. The number of aryl methyl sites for hydroxylation is 1. The summed E-state index contributed by atoms with van der Waals surface area (Å²) in [5.41, 5.74) is 7.60. The van der Waals surface area contributed by atoms with Gasteiger partial charge in [0.25, 0.3) is 0 Å². The fraction of sp³-hybridized carbons (Fsp3) is 0.438. The number of aromatic nitrogens is 3. The monoisotopic (exact) mass is 299 g/mol. The predicted molar refractivity (Wildman–Crippen MR) is 85.1 cm³/mol. The van der Waals surface area contributed by atoms with Gasteiger partial charge in [0.1, 0.15) is 5.82 Å². The Morgan fingerprint density at radius 3 is 3.00 bits per heavy atom. The number of hydrogen-bond acceptors (Lipinski definition) is 4. The molecule has 6 heteroatoms.